The smallest absolute Gasteiger partial charge is 0.249 e. The van der Waals surface area contributed by atoms with Crippen molar-refractivity contribution in [2.24, 2.45) is 5.73 Å². The van der Waals surface area contributed by atoms with Gasteiger partial charge in [0, 0.05) is 19.6 Å². The number of benzene rings is 1. The Hall–Kier alpha value is -1.92. The quantitative estimate of drug-likeness (QED) is 0.824. The first kappa shape index (κ1) is 16.0. The van der Waals surface area contributed by atoms with Crippen LogP contribution in [-0.4, -0.2) is 48.1 Å². The minimum absolute atomic E-state index is 0.0180. The van der Waals surface area contributed by atoms with E-state index in [1.54, 1.807) is 4.90 Å². The number of nitrogens with zero attached hydrogens (tertiary/aromatic N) is 1. The highest BCUT2D eigenvalue weighted by Crippen LogP contribution is 2.20. The van der Waals surface area contributed by atoms with E-state index < -0.39 is 12.1 Å². The molecule has 1 aromatic carbocycles. The molecule has 0 aromatic heterocycles. The summed E-state index contributed by atoms with van der Waals surface area (Å²) < 4.78 is 5.58. The molecule has 3 atom stereocenters. The van der Waals surface area contributed by atoms with Gasteiger partial charge in [0.05, 0.1) is 6.10 Å². The molecule has 0 aliphatic carbocycles. The Morgan fingerprint density at radius 2 is 2.04 bits per heavy atom. The van der Waals surface area contributed by atoms with Crippen molar-refractivity contribution in [1.82, 2.24) is 10.2 Å². The molecule has 124 valence electrons. The van der Waals surface area contributed by atoms with Crippen LogP contribution >= 0.6 is 0 Å². The van der Waals surface area contributed by atoms with Gasteiger partial charge in [-0.05, 0) is 24.8 Å². The molecule has 6 nitrogen and oxygen atoms in total. The van der Waals surface area contributed by atoms with Crippen molar-refractivity contribution in [3.63, 3.8) is 0 Å². The van der Waals surface area contributed by atoms with Gasteiger partial charge in [-0.3, -0.25) is 9.59 Å². The fourth-order valence-electron chi connectivity index (χ4n) is 3.17. The number of likely N-dealkylation sites (tertiary alicyclic amines) is 1. The van der Waals surface area contributed by atoms with Gasteiger partial charge in [0.1, 0.15) is 12.1 Å². The molecular formula is C17H23N3O3. The number of carbonyl (C=O) groups excluding carboxylic acids is 2. The van der Waals surface area contributed by atoms with Gasteiger partial charge >= 0.3 is 0 Å². The number of nitrogens with one attached hydrogen (secondary N) is 1. The Morgan fingerprint density at radius 3 is 2.74 bits per heavy atom. The van der Waals surface area contributed by atoms with Gasteiger partial charge in [0.25, 0.3) is 0 Å². The van der Waals surface area contributed by atoms with Crippen LogP contribution < -0.4 is 11.1 Å². The predicted molar refractivity (Wildman–Crippen MR) is 85.4 cm³/mol. The third kappa shape index (κ3) is 3.71. The van der Waals surface area contributed by atoms with Crippen molar-refractivity contribution >= 4 is 11.8 Å². The van der Waals surface area contributed by atoms with Crippen molar-refractivity contribution in [3.8, 4) is 0 Å². The average molecular weight is 317 g/mol. The van der Waals surface area contributed by atoms with E-state index in [9.17, 15) is 9.59 Å². The Kier molecular flexibility index (Phi) is 4.93. The molecule has 0 saturated carbocycles. The molecule has 6 heteroatoms. The van der Waals surface area contributed by atoms with Crippen molar-refractivity contribution in [2.75, 3.05) is 13.1 Å². The summed E-state index contributed by atoms with van der Waals surface area (Å²) in [5, 5.41) is 2.84. The highest BCUT2D eigenvalue weighted by Gasteiger charge is 2.36. The minimum Gasteiger partial charge on any atom is -0.364 e. The molecule has 2 aliphatic heterocycles. The number of hydrogen-bond donors (Lipinski definition) is 2. The minimum atomic E-state index is -0.473. The van der Waals surface area contributed by atoms with Crippen LogP contribution in [0.3, 0.4) is 0 Å². The molecule has 0 bridgehead atoms. The van der Waals surface area contributed by atoms with Gasteiger partial charge in [0.2, 0.25) is 11.8 Å². The van der Waals surface area contributed by atoms with Crippen molar-refractivity contribution < 1.29 is 14.3 Å². The molecule has 3 N–H and O–H groups in total. The predicted octanol–water partition coefficient (Wildman–Crippen LogP) is 0.410. The molecule has 2 heterocycles. The van der Waals surface area contributed by atoms with Gasteiger partial charge in [-0.25, -0.2) is 0 Å². The molecule has 2 saturated heterocycles. The number of ether oxygens (including phenoxy) is 1. The SMILES string of the molecule is NC[C@H]1CC[C@@H](C(=O)NC2CCN(Cc3ccccc3)C2=O)O1. The van der Waals surface area contributed by atoms with Crippen molar-refractivity contribution in [2.45, 2.75) is 44.1 Å². The summed E-state index contributed by atoms with van der Waals surface area (Å²) in [6.45, 7) is 1.67. The van der Waals surface area contributed by atoms with Gasteiger partial charge in [-0.2, -0.15) is 0 Å². The van der Waals surface area contributed by atoms with Crippen LogP contribution in [0.2, 0.25) is 0 Å². The topological polar surface area (TPSA) is 84.7 Å². The zero-order valence-electron chi connectivity index (χ0n) is 13.1. The maximum absolute atomic E-state index is 12.4. The van der Waals surface area contributed by atoms with Crippen LogP contribution in [0.25, 0.3) is 0 Å². The summed E-state index contributed by atoms with van der Waals surface area (Å²) in [6.07, 6.45) is 1.60. The molecule has 1 aromatic rings. The van der Waals surface area contributed by atoms with Gasteiger partial charge in [-0.15, -0.1) is 0 Å². The van der Waals surface area contributed by atoms with Gasteiger partial charge in [0.15, 0.2) is 0 Å². The fourth-order valence-corrected chi connectivity index (χ4v) is 3.17. The molecule has 3 rings (SSSR count). The van der Waals surface area contributed by atoms with E-state index in [0.29, 0.717) is 32.5 Å². The van der Waals surface area contributed by atoms with Gasteiger partial charge < -0.3 is 20.7 Å². The van der Waals surface area contributed by atoms with E-state index >= 15 is 0 Å². The zero-order chi connectivity index (χ0) is 16.2. The average Bonchev–Trinajstić information content (AvgIpc) is 3.18. The van der Waals surface area contributed by atoms with Gasteiger partial charge in [-0.1, -0.05) is 30.3 Å². The number of carbonyl (C=O) groups is 2. The summed E-state index contributed by atoms with van der Waals surface area (Å²) >= 11 is 0. The lowest BCUT2D eigenvalue weighted by molar-refractivity contribution is -0.137. The largest absolute Gasteiger partial charge is 0.364 e. The molecule has 23 heavy (non-hydrogen) atoms. The van der Waals surface area contributed by atoms with Crippen molar-refractivity contribution in [3.05, 3.63) is 35.9 Å². The maximum Gasteiger partial charge on any atom is 0.249 e. The number of nitrogens with two attached hydrogens (primary N) is 1. The Labute approximate surface area is 136 Å². The number of hydrogen-bond acceptors (Lipinski definition) is 4. The normalized spacial score (nSPS) is 27.4. The Morgan fingerprint density at radius 1 is 1.26 bits per heavy atom. The third-order valence-corrected chi connectivity index (χ3v) is 4.49. The fraction of sp³-hybridized carbons (Fsp3) is 0.529. The molecule has 2 aliphatic rings. The first-order valence-corrected chi connectivity index (χ1v) is 8.16. The highest BCUT2D eigenvalue weighted by molar-refractivity contribution is 5.90. The van der Waals surface area contributed by atoms with Crippen LogP contribution in [0, 0.1) is 0 Å². The first-order valence-electron chi connectivity index (χ1n) is 8.16. The van der Waals surface area contributed by atoms with Crippen LogP contribution in [0.5, 0.6) is 0 Å². The van der Waals surface area contributed by atoms with Crippen LogP contribution in [0.15, 0.2) is 30.3 Å². The first-order chi connectivity index (χ1) is 11.2. The monoisotopic (exact) mass is 317 g/mol. The summed E-state index contributed by atoms with van der Waals surface area (Å²) in [5.41, 5.74) is 6.65. The van der Waals surface area contributed by atoms with E-state index in [1.165, 1.54) is 0 Å². The molecular weight excluding hydrogens is 294 g/mol. The summed E-state index contributed by atoms with van der Waals surface area (Å²) in [5.74, 6) is -0.212. The lowest BCUT2D eigenvalue weighted by Gasteiger charge is -2.18. The second-order valence-corrected chi connectivity index (χ2v) is 6.16. The third-order valence-electron chi connectivity index (χ3n) is 4.49. The van der Waals surface area contributed by atoms with E-state index in [4.69, 9.17) is 10.5 Å². The van der Waals surface area contributed by atoms with Crippen LogP contribution in [0.4, 0.5) is 0 Å². The molecule has 2 fully saturated rings. The van der Waals surface area contributed by atoms with E-state index in [2.05, 4.69) is 5.32 Å². The summed E-state index contributed by atoms with van der Waals surface area (Å²) in [4.78, 5) is 26.4. The van der Waals surface area contributed by atoms with Crippen LogP contribution in [-0.2, 0) is 20.9 Å². The van der Waals surface area contributed by atoms with E-state index in [0.717, 1.165) is 12.0 Å². The summed E-state index contributed by atoms with van der Waals surface area (Å²) in [7, 11) is 0. The standard InChI is InChI=1S/C17H23N3O3/c18-10-13-6-7-15(23-13)16(21)19-14-8-9-20(17(14)22)11-12-4-2-1-3-5-12/h1-5,13-15H,6-11,18H2,(H,19,21)/t13-,14?,15+/m1/s1. The van der Waals surface area contributed by atoms with Crippen molar-refractivity contribution in [1.29, 1.82) is 0 Å². The molecule has 0 spiro atoms. The molecule has 2 amide bonds. The van der Waals surface area contributed by atoms with E-state index in [1.807, 2.05) is 30.3 Å². The lowest BCUT2D eigenvalue weighted by Crippen LogP contribution is -2.45. The number of amides is 2. The molecule has 0 radical (unpaired) electrons. The lowest BCUT2D eigenvalue weighted by atomic mass is 10.1. The second-order valence-electron chi connectivity index (χ2n) is 6.16. The highest BCUT2D eigenvalue weighted by atomic mass is 16.5. The Balaban J connectivity index is 1.52. The molecule has 1 unspecified atom stereocenters. The number of rotatable bonds is 5. The Bertz CT molecular complexity index is 563. The zero-order valence-corrected chi connectivity index (χ0v) is 13.1. The maximum atomic E-state index is 12.4. The van der Waals surface area contributed by atoms with E-state index in [-0.39, 0.29) is 17.9 Å². The summed E-state index contributed by atoms with van der Waals surface area (Å²) in [6, 6.07) is 9.43. The second kappa shape index (κ2) is 7.10. The van der Waals surface area contributed by atoms with Crippen LogP contribution in [0.1, 0.15) is 24.8 Å².